The molecule has 0 aromatic rings. The Hall–Kier alpha value is -1.16. The van der Waals surface area contributed by atoms with Gasteiger partial charge >= 0.3 is 0 Å². The molecule has 0 saturated heterocycles. The maximum Gasteiger partial charge on any atom is 0.217 e. The maximum atomic E-state index is 11.1. The average molecular weight is 337 g/mol. The zero-order valence-corrected chi connectivity index (χ0v) is 16.1. The van der Waals surface area contributed by atoms with Crippen LogP contribution in [0.25, 0.3) is 0 Å². The first kappa shape index (κ1) is 20.9. The summed E-state index contributed by atoms with van der Waals surface area (Å²) in [6, 6.07) is 0. The summed E-state index contributed by atoms with van der Waals surface area (Å²) in [4.78, 5) is 15.8. The van der Waals surface area contributed by atoms with Gasteiger partial charge in [-0.05, 0) is 25.8 Å². The predicted molar refractivity (Wildman–Crippen MR) is 103 cm³/mol. The second-order valence-corrected chi connectivity index (χ2v) is 7.01. The monoisotopic (exact) mass is 336 g/mol. The molecule has 0 aromatic heterocycles. The van der Waals surface area contributed by atoms with Crippen LogP contribution in [0.15, 0.2) is 17.1 Å². The number of carbonyl (C=O) groups is 1. The number of aliphatic imine (C=N–C) groups is 1. The molecule has 0 aromatic carbocycles. The smallest absolute Gasteiger partial charge is 0.217 e. The van der Waals surface area contributed by atoms with E-state index in [-0.39, 0.29) is 12.1 Å². The zero-order valence-electron chi connectivity index (χ0n) is 16.1. The average Bonchev–Trinajstić information content (AvgIpc) is 2.96. The highest BCUT2D eigenvalue weighted by Crippen LogP contribution is 2.20. The van der Waals surface area contributed by atoms with Gasteiger partial charge in [0.05, 0.1) is 25.8 Å². The van der Waals surface area contributed by atoms with Crippen molar-refractivity contribution >= 4 is 12.1 Å². The minimum atomic E-state index is 0.0513. The number of quaternary nitrogens is 1. The Labute approximate surface area is 149 Å². The maximum absolute atomic E-state index is 11.1. The normalized spacial score (nSPS) is 23.2. The van der Waals surface area contributed by atoms with Gasteiger partial charge in [0.1, 0.15) is 6.54 Å². The molecular formula is C20H38N3O+. The van der Waals surface area contributed by atoms with Crippen LogP contribution in [0.5, 0.6) is 0 Å². The largest absolute Gasteiger partial charge is 0.351 e. The van der Waals surface area contributed by atoms with Gasteiger partial charge in [-0.15, -0.1) is 0 Å². The summed E-state index contributed by atoms with van der Waals surface area (Å²) in [5.74, 6) is 0.0513. The first-order chi connectivity index (χ1) is 11.6. The van der Waals surface area contributed by atoms with Crippen molar-refractivity contribution in [2.24, 2.45) is 4.99 Å². The molecule has 0 spiro atoms. The molecule has 0 bridgehead atoms. The molecule has 1 aliphatic heterocycles. The van der Waals surface area contributed by atoms with Gasteiger partial charge in [0.15, 0.2) is 0 Å². The molecule has 0 aliphatic carbocycles. The van der Waals surface area contributed by atoms with Crippen LogP contribution in [0.4, 0.5) is 0 Å². The van der Waals surface area contributed by atoms with Crippen molar-refractivity contribution in [3.05, 3.63) is 12.2 Å². The number of unbranched alkanes of at least 4 members (excludes halogenated alkanes) is 7. The summed E-state index contributed by atoms with van der Waals surface area (Å²) < 4.78 is 0.938. The number of nitrogens with zero attached hydrogens (tertiary/aromatic N) is 2. The lowest BCUT2D eigenvalue weighted by atomic mass is 10.1. The molecule has 1 rings (SSSR count). The highest BCUT2D eigenvalue weighted by atomic mass is 16.1. The van der Waals surface area contributed by atoms with E-state index in [1.54, 1.807) is 6.92 Å². The van der Waals surface area contributed by atoms with Gasteiger partial charge in [0.25, 0.3) is 0 Å². The minimum absolute atomic E-state index is 0.0513. The van der Waals surface area contributed by atoms with E-state index in [9.17, 15) is 4.79 Å². The summed E-state index contributed by atoms with van der Waals surface area (Å²) in [5.41, 5.74) is 0. The van der Waals surface area contributed by atoms with E-state index < -0.39 is 0 Å². The lowest BCUT2D eigenvalue weighted by Gasteiger charge is -2.36. The third kappa shape index (κ3) is 7.61. The number of likely N-dealkylation sites (N-methyl/N-ethyl adjacent to an activating group) is 1. The molecule has 138 valence electrons. The summed E-state index contributed by atoms with van der Waals surface area (Å²) in [6.07, 6.45) is 17.6. The fourth-order valence-electron chi connectivity index (χ4n) is 3.39. The van der Waals surface area contributed by atoms with Crippen LogP contribution < -0.4 is 5.32 Å². The first-order valence-electron chi connectivity index (χ1n) is 9.93. The summed E-state index contributed by atoms with van der Waals surface area (Å²) in [5, 5.41) is 2.92. The van der Waals surface area contributed by atoms with E-state index in [2.05, 4.69) is 42.5 Å². The van der Waals surface area contributed by atoms with Gasteiger partial charge in [-0.2, -0.15) is 0 Å². The first-order valence-corrected chi connectivity index (χ1v) is 9.93. The Bertz CT molecular complexity index is 406. The van der Waals surface area contributed by atoms with Crippen LogP contribution in [0.1, 0.15) is 72.1 Å². The number of hydrogen-bond donors (Lipinski definition) is 1. The van der Waals surface area contributed by atoms with Crippen LogP contribution >= 0.6 is 0 Å². The van der Waals surface area contributed by atoms with Crippen molar-refractivity contribution in [3.8, 4) is 0 Å². The minimum Gasteiger partial charge on any atom is -0.351 e. The third-order valence-electron chi connectivity index (χ3n) is 5.11. The van der Waals surface area contributed by atoms with Gasteiger partial charge in [-0.3, -0.25) is 9.28 Å². The Morgan fingerprint density at radius 3 is 2.58 bits per heavy atom. The van der Waals surface area contributed by atoms with E-state index in [1.165, 1.54) is 44.9 Å². The molecule has 1 N–H and O–H groups in total. The fraction of sp³-hybridized carbons (Fsp3) is 0.800. The van der Waals surface area contributed by atoms with E-state index in [1.807, 2.05) is 0 Å². The van der Waals surface area contributed by atoms with Crippen LogP contribution in [-0.2, 0) is 4.79 Å². The number of rotatable bonds is 13. The van der Waals surface area contributed by atoms with Crippen molar-refractivity contribution in [1.82, 2.24) is 5.32 Å². The van der Waals surface area contributed by atoms with Crippen LogP contribution in [0.3, 0.4) is 0 Å². The van der Waals surface area contributed by atoms with E-state index in [0.29, 0.717) is 0 Å². The second-order valence-electron chi connectivity index (χ2n) is 7.01. The summed E-state index contributed by atoms with van der Waals surface area (Å²) in [6.45, 7) is 9.77. The number of carbonyl (C=O) groups excluding carboxylic acids is 1. The highest BCUT2D eigenvalue weighted by Gasteiger charge is 2.35. The molecule has 0 saturated carbocycles. The van der Waals surface area contributed by atoms with Gasteiger partial charge in [-0.25, -0.2) is 4.99 Å². The van der Waals surface area contributed by atoms with E-state index in [0.717, 1.165) is 37.1 Å². The number of nitrogens with one attached hydrogen (secondary N) is 1. The molecule has 2 unspecified atom stereocenters. The molecule has 0 fully saturated rings. The second kappa shape index (κ2) is 12.2. The van der Waals surface area contributed by atoms with Gasteiger partial charge < -0.3 is 5.32 Å². The SMILES string of the molecule is CCCCCCCCC/C=C/C1N=CC[N+]1(CC)CCNC(C)=O. The van der Waals surface area contributed by atoms with Gasteiger partial charge in [0, 0.05) is 6.92 Å². The molecular weight excluding hydrogens is 298 g/mol. The number of amides is 1. The topological polar surface area (TPSA) is 41.5 Å². The predicted octanol–water partition coefficient (Wildman–Crippen LogP) is 4.07. The van der Waals surface area contributed by atoms with Gasteiger partial charge in [0.2, 0.25) is 12.1 Å². The number of allylic oxidation sites excluding steroid dienone is 1. The molecule has 2 atom stereocenters. The van der Waals surface area contributed by atoms with Crippen LogP contribution in [-0.4, -0.2) is 48.9 Å². The summed E-state index contributed by atoms with van der Waals surface area (Å²) in [7, 11) is 0. The van der Waals surface area contributed by atoms with Crippen molar-refractivity contribution in [1.29, 1.82) is 0 Å². The van der Waals surface area contributed by atoms with Gasteiger partial charge in [-0.1, -0.05) is 51.5 Å². The molecule has 24 heavy (non-hydrogen) atoms. The summed E-state index contributed by atoms with van der Waals surface area (Å²) >= 11 is 0. The van der Waals surface area contributed by atoms with Crippen molar-refractivity contribution in [2.45, 2.75) is 78.3 Å². The highest BCUT2D eigenvalue weighted by molar-refractivity contribution is 5.72. The molecule has 1 aliphatic rings. The fourth-order valence-corrected chi connectivity index (χ4v) is 3.39. The molecule has 4 nitrogen and oxygen atoms in total. The van der Waals surface area contributed by atoms with Crippen molar-refractivity contribution in [3.63, 3.8) is 0 Å². The molecule has 4 heteroatoms. The van der Waals surface area contributed by atoms with E-state index >= 15 is 0 Å². The Balaban J connectivity index is 2.27. The van der Waals surface area contributed by atoms with E-state index in [4.69, 9.17) is 0 Å². The third-order valence-corrected chi connectivity index (χ3v) is 5.11. The quantitative estimate of drug-likeness (QED) is 0.307. The van der Waals surface area contributed by atoms with Crippen LogP contribution in [0.2, 0.25) is 0 Å². The lowest BCUT2D eigenvalue weighted by molar-refractivity contribution is -0.928. The van der Waals surface area contributed by atoms with Crippen LogP contribution in [0, 0.1) is 0 Å². The Morgan fingerprint density at radius 1 is 1.21 bits per heavy atom. The van der Waals surface area contributed by atoms with Crippen molar-refractivity contribution in [2.75, 3.05) is 26.2 Å². The lowest BCUT2D eigenvalue weighted by Crippen LogP contribution is -2.54. The molecule has 1 amide bonds. The Kier molecular flexibility index (Phi) is 10.6. The number of hydrogen-bond acceptors (Lipinski definition) is 2. The standard InChI is InChI=1S/C20H37N3O/c1-4-6-7-8-9-10-11-12-13-14-20-22-16-18-23(20,5-2)17-15-21-19(3)24/h13-14,16,20H,4-12,15,17-18H2,1-3H3/p+1/b14-13+. The Morgan fingerprint density at radius 2 is 1.92 bits per heavy atom. The van der Waals surface area contributed by atoms with Crippen molar-refractivity contribution < 1.29 is 9.28 Å². The zero-order chi connectivity index (χ0) is 17.7. The molecule has 1 heterocycles. The molecule has 0 radical (unpaired) electrons.